The molecule has 0 saturated carbocycles. The van der Waals surface area contributed by atoms with E-state index in [0.717, 1.165) is 0 Å². The fraction of sp³-hybridized carbons (Fsp3) is 0.308. The number of carbonyl (C=O) groups excluding carboxylic acids is 3. The fourth-order valence-corrected chi connectivity index (χ4v) is 2.61. The topological polar surface area (TPSA) is 66.5 Å². The van der Waals surface area contributed by atoms with Crippen LogP contribution in [-0.4, -0.2) is 40.7 Å². The first-order valence-corrected chi connectivity index (χ1v) is 6.98. The van der Waals surface area contributed by atoms with Crippen molar-refractivity contribution >= 4 is 35.0 Å². The Kier molecular flexibility index (Phi) is 4.21. The number of anilines is 1. The van der Waals surface area contributed by atoms with E-state index in [9.17, 15) is 14.4 Å². The lowest BCUT2D eigenvalue weighted by Gasteiger charge is -2.14. The average molecular weight is 278 g/mol. The summed E-state index contributed by atoms with van der Waals surface area (Å²) in [6.07, 6.45) is 0. The lowest BCUT2D eigenvalue weighted by molar-refractivity contribution is -0.130. The van der Waals surface area contributed by atoms with Crippen molar-refractivity contribution in [1.29, 1.82) is 0 Å². The molecule has 1 N–H and O–H groups in total. The van der Waals surface area contributed by atoms with Gasteiger partial charge in [-0.3, -0.25) is 14.4 Å². The Balaban J connectivity index is 1.91. The van der Waals surface area contributed by atoms with Gasteiger partial charge >= 0.3 is 0 Å². The van der Waals surface area contributed by atoms with Crippen molar-refractivity contribution in [3.63, 3.8) is 0 Å². The zero-order chi connectivity index (χ0) is 13.8. The average Bonchev–Trinajstić information content (AvgIpc) is 2.75. The molecule has 1 heterocycles. The van der Waals surface area contributed by atoms with Crippen LogP contribution in [0.2, 0.25) is 0 Å². The molecule has 0 aliphatic carbocycles. The molecule has 6 heteroatoms. The Morgan fingerprint density at radius 3 is 2.53 bits per heavy atom. The van der Waals surface area contributed by atoms with Gasteiger partial charge in [-0.2, -0.15) is 0 Å². The molecule has 2 amide bonds. The Hall–Kier alpha value is -1.82. The third kappa shape index (κ3) is 3.57. The molecule has 100 valence electrons. The van der Waals surface area contributed by atoms with Gasteiger partial charge in [-0.15, -0.1) is 11.8 Å². The molecular formula is C13H14N2O3S. The molecule has 2 rings (SSSR count). The monoisotopic (exact) mass is 278 g/mol. The van der Waals surface area contributed by atoms with Crippen LogP contribution in [0.1, 0.15) is 17.3 Å². The number of Topliss-reactive ketones (excluding diaryl/α,β-unsaturated/α-hetero) is 1. The van der Waals surface area contributed by atoms with E-state index in [-0.39, 0.29) is 24.1 Å². The van der Waals surface area contributed by atoms with Gasteiger partial charge in [0.2, 0.25) is 11.8 Å². The summed E-state index contributed by atoms with van der Waals surface area (Å²) in [7, 11) is 0. The van der Waals surface area contributed by atoms with Crippen molar-refractivity contribution in [2.45, 2.75) is 6.92 Å². The van der Waals surface area contributed by atoms with E-state index >= 15 is 0 Å². The summed E-state index contributed by atoms with van der Waals surface area (Å²) in [6.45, 7) is 1.56. The highest BCUT2D eigenvalue weighted by Crippen LogP contribution is 2.15. The molecule has 1 aromatic carbocycles. The molecule has 0 radical (unpaired) electrons. The summed E-state index contributed by atoms with van der Waals surface area (Å²) < 4.78 is 0. The van der Waals surface area contributed by atoms with E-state index in [1.165, 1.54) is 23.6 Å². The second kappa shape index (κ2) is 5.88. The standard InChI is InChI=1S/C13H14N2O3S/c1-9(16)10-2-4-11(5-3-10)14-12(17)6-15-8-19-7-13(15)18/h2-5H,6-8H2,1H3,(H,14,17). The minimum absolute atomic E-state index is 0.00734. The summed E-state index contributed by atoms with van der Waals surface area (Å²) >= 11 is 1.50. The number of hydrogen-bond acceptors (Lipinski definition) is 4. The fourth-order valence-electron chi connectivity index (χ4n) is 1.70. The van der Waals surface area contributed by atoms with E-state index in [2.05, 4.69) is 5.32 Å². The van der Waals surface area contributed by atoms with E-state index < -0.39 is 0 Å². The van der Waals surface area contributed by atoms with Crippen LogP contribution in [0.15, 0.2) is 24.3 Å². The second-order valence-electron chi connectivity index (χ2n) is 4.25. The maximum absolute atomic E-state index is 11.8. The SMILES string of the molecule is CC(=O)c1ccc(NC(=O)CN2CSCC2=O)cc1. The Bertz CT molecular complexity index is 513. The Morgan fingerprint density at radius 2 is 2.00 bits per heavy atom. The van der Waals surface area contributed by atoms with Crippen LogP contribution < -0.4 is 5.32 Å². The van der Waals surface area contributed by atoms with Crippen LogP contribution in [0.3, 0.4) is 0 Å². The highest BCUT2D eigenvalue weighted by atomic mass is 32.2. The van der Waals surface area contributed by atoms with Crippen molar-refractivity contribution < 1.29 is 14.4 Å². The number of carbonyl (C=O) groups is 3. The summed E-state index contributed by atoms with van der Waals surface area (Å²) in [5, 5.41) is 2.70. The van der Waals surface area contributed by atoms with Crippen LogP contribution >= 0.6 is 11.8 Å². The van der Waals surface area contributed by atoms with Crippen LogP contribution in [-0.2, 0) is 9.59 Å². The van der Waals surface area contributed by atoms with Gasteiger partial charge in [-0.25, -0.2) is 0 Å². The van der Waals surface area contributed by atoms with Crippen molar-refractivity contribution in [1.82, 2.24) is 4.90 Å². The predicted molar refractivity (Wildman–Crippen MR) is 74.1 cm³/mol. The molecule has 1 saturated heterocycles. The van der Waals surface area contributed by atoms with Gasteiger partial charge in [0.05, 0.1) is 11.6 Å². The van der Waals surface area contributed by atoms with Gasteiger partial charge in [-0.05, 0) is 31.2 Å². The van der Waals surface area contributed by atoms with Crippen LogP contribution in [0.5, 0.6) is 0 Å². The molecule has 1 aliphatic rings. The zero-order valence-corrected chi connectivity index (χ0v) is 11.3. The highest BCUT2D eigenvalue weighted by Gasteiger charge is 2.22. The van der Waals surface area contributed by atoms with Gasteiger partial charge < -0.3 is 10.2 Å². The number of thioether (sulfide) groups is 1. The van der Waals surface area contributed by atoms with Crippen molar-refractivity contribution in [2.75, 3.05) is 23.5 Å². The molecule has 1 aromatic rings. The van der Waals surface area contributed by atoms with E-state index in [0.29, 0.717) is 22.9 Å². The molecule has 0 bridgehead atoms. The minimum Gasteiger partial charge on any atom is -0.325 e. The molecule has 0 unspecified atom stereocenters. The third-order valence-electron chi connectivity index (χ3n) is 2.74. The molecular weight excluding hydrogens is 264 g/mol. The number of amides is 2. The number of benzene rings is 1. The smallest absolute Gasteiger partial charge is 0.244 e. The van der Waals surface area contributed by atoms with Gasteiger partial charge in [0.15, 0.2) is 5.78 Å². The molecule has 1 aliphatic heterocycles. The number of rotatable bonds is 4. The summed E-state index contributed by atoms with van der Waals surface area (Å²) in [6, 6.07) is 6.67. The van der Waals surface area contributed by atoms with Crippen LogP contribution in [0, 0.1) is 0 Å². The highest BCUT2D eigenvalue weighted by molar-refractivity contribution is 8.00. The van der Waals surface area contributed by atoms with Crippen LogP contribution in [0.4, 0.5) is 5.69 Å². The van der Waals surface area contributed by atoms with Crippen molar-refractivity contribution in [3.8, 4) is 0 Å². The van der Waals surface area contributed by atoms with Gasteiger partial charge in [-0.1, -0.05) is 0 Å². The summed E-state index contributed by atoms with van der Waals surface area (Å²) in [4.78, 5) is 35.8. The molecule has 5 nitrogen and oxygen atoms in total. The third-order valence-corrected chi connectivity index (χ3v) is 3.68. The van der Waals surface area contributed by atoms with Gasteiger partial charge in [0.1, 0.15) is 6.54 Å². The maximum Gasteiger partial charge on any atom is 0.244 e. The van der Waals surface area contributed by atoms with E-state index in [1.54, 1.807) is 24.3 Å². The molecule has 0 aromatic heterocycles. The lowest BCUT2D eigenvalue weighted by Crippen LogP contribution is -2.34. The van der Waals surface area contributed by atoms with Gasteiger partial charge in [0.25, 0.3) is 0 Å². The first-order chi connectivity index (χ1) is 9.06. The Morgan fingerprint density at radius 1 is 1.32 bits per heavy atom. The largest absolute Gasteiger partial charge is 0.325 e. The number of ketones is 1. The number of nitrogens with zero attached hydrogens (tertiary/aromatic N) is 1. The quantitative estimate of drug-likeness (QED) is 0.845. The first-order valence-electron chi connectivity index (χ1n) is 5.82. The molecule has 0 spiro atoms. The summed E-state index contributed by atoms with van der Waals surface area (Å²) in [5.41, 5.74) is 1.22. The number of nitrogens with one attached hydrogen (secondary N) is 1. The predicted octanol–water partition coefficient (Wildman–Crippen LogP) is 1.36. The zero-order valence-electron chi connectivity index (χ0n) is 10.5. The van der Waals surface area contributed by atoms with Gasteiger partial charge in [0, 0.05) is 11.3 Å². The van der Waals surface area contributed by atoms with Crippen LogP contribution in [0.25, 0.3) is 0 Å². The minimum atomic E-state index is -0.230. The Labute approximate surface area is 115 Å². The molecule has 1 fully saturated rings. The number of hydrogen-bond donors (Lipinski definition) is 1. The van der Waals surface area contributed by atoms with Crippen molar-refractivity contribution in [3.05, 3.63) is 29.8 Å². The van der Waals surface area contributed by atoms with Crippen molar-refractivity contribution in [2.24, 2.45) is 0 Å². The maximum atomic E-state index is 11.8. The molecule has 19 heavy (non-hydrogen) atoms. The molecule has 0 atom stereocenters. The lowest BCUT2D eigenvalue weighted by atomic mass is 10.1. The van der Waals surface area contributed by atoms with E-state index in [4.69, 9.17) is 0 Å². The van der Waals surface area contributed by atoms with E-state index in [1.807, 2.05) is 0 Å². The first kappa shape index (κ1) is 13.6. The normalized spacial score (nSPS) is 14.6. The second-order valence-corrected chi connectivity index (χ2v) is 5.21. The summed E-state index contributed by atoms with van der Waals surface area (Å²) in [5.74, 6) is 0.756.